The number of H-pyrrole nitrogens is 1. The van der Waals surface area contributed by atoms with E-state index in [4.69, 9.17) is 5.73 Å². The van der Waals surface area contributed by atoms with Crippen molar-refractivity contribution in [3.05, 3.63) is 86.6 Å². The number of aromatic amines is 1. The van der Waals surface area contributed by atoms with Crippen LogP contribution in [-0.4, -0.2) is 49.3 Å². The first kappa shape index (κ1) is 23.0. The second kappa shape index (κ2) is 8.81. The molecule has 0 atom stereocenters. The topological polar surface area (TPSA) is 139 Å². The van der Waals surface area contributed by atoms with Gasteiger partial charge in [0.15, 0.2) is 5.69 Å². The summed E-state index contributed by atoms with van der Waals surface area (Å²) >= 11 is 0. The van der Waals surface area contributed by atoms with E-state index in [1.54, 1.807) is 24.3 Å². The van der Waals surface area contributed by atoms with E-state index in [1.165, 1.54) is 50.0 Å². The molecule has 0 aliphatic heterocycles. The van der Waals surface area contributed by atoms with E-state index in [-0.39, 0.29) is 28.5 Å². The number of anilines is 2. The van der Waals surface area contributed by atoms with Crippen LogP contribution in [0.15, 0.2) is 69.1 Å². The summed E-state index contributed by atoms with van der Waals surface area (Å²) in [7, 11) is 0.511. The first-order chi connectivity index (χ1) is 15.0. The molecule has 11 heteroatoms. The van der Waals surface area contributed by atoms with Crippen molar-refractivity contribution in [3.63, 3.8) is 0 Å². The van der Waals surface area contributed by atoms with Crippen LogP contribution < -0.4 is 21.9 Å². The third-order valence-electron chi connectivity index (χ3n) is 4.92. The van der Waals surface area contributed by atoms with E-state index in [9.17, 15) is 22.8 Å². The second-order valence-corrected chi connectivity index (χ2v) is 9.39. The van der Waals surface area contributed by atoms with Gasteiger partial charge < -0.3 is 10.6 Å². The number of nitrogen functional groups attached to an aromatic ring is 1. The molecule has 0 unspecified atom stereocenters. The fourth-order valence-corrected chi connectivity index (χ4v) is 4.00. The van der Waals surface area contributed by atoms with Gasteiger partial charge in [-0.3, -0.25) is 19.1 Å². The fourth-order valence-electron chi connectivity index (χ4n) is 3.10. The molecule has 168 valence electrons. The van der Waals surface area contributed by atoms with E-state index in [1.807, 2.05) is 6.07 Å². The van der Waals surface area contributed by atoms with Crippen LogP contribution in [0.5, 0.6) is 0 Å². The molecule has 0 aliphatic carbocycles. The summed E-state index contributed by atoms with van der Waals surface area (Å²) in [5.41, 5.74) is 5.37. The second-order valence-electron chi connectivity index (χ2n) is 7.24. The Kier molecular flexibility index (Phi) is 6.32. The molecule has 32 heavy (non-hydrogen) atoms. The molecule has 2 aromatic carbocycles. The van der Waals surface area contributed by atoms with Gasteiger partial charge in [0, 0.05) is 26.7 Å². The van der Waals surface area contributed by atoms with Crippen molar-refractivity contribution < 1.29 is 13.2 Å². The predicted molar refractivity (Wildman–Crippen MR) is 121 cm³/mol. The third kappa shape index (κ3) is 4.34. The molecule has 1 aromatic heterocycles. The highest BCUT2D eigenvalue weighted by molar-refractivity contribution is 7.89. The highest BCUT2D eigenvalue weighted by atomic mass is 32.2. The normalized spacial score (nSPS) is 11.5. The van der Waals surface area contributed by atoms with Gasteiger partial charge in [-0.1, -0.05) is 30.3 Å². The maximum atomic E-state index is 13.0. The predicted octanol–water partition coefficient (Wildman–Crippen LogP) is 0.694. The zero-order valence-corrected chi connectivity index (χ0v) is 18.6. The van der Waals surface area contributed by atoms with Crippen LogP contribution in [0, 0.1) is 0 Å². The van der Waals surface area contributed by atoms with Gasteiger partial charge in [0.2, 0.25) is 10.0 Å². The minimum absolute atomic E-state index is 0.0236. The molecule has 0 radical (unpaired) electrons. The highest BCUT2D eigenvalue weighted by Crippen LogP contribution is 2.20. The fraction of sp³-hybridized carbons (Fsp3) is 0.190. The molecule has 10 nitrogen and oxygen atoms in total. The molecule has 1 heterocycles. The molecule has 0 aliphatic rings. The van der Waals surface area contributed by atoms with Crippen LogP contribution in [0.2, 0.25) is 0 Å². The molecule has 0 spiro atoms. The minimum Gasteiger partial charge on any atom is -0.383 e. The molecule has 3 aromatic rings. The summed E-state index contributed by atoms with van der Waals surface area (Å²) in [6.45, 7) is 0.106. The molecular weight excluding hydrogens is 434 g/mol. The lowest BCUT2D eigenvalue weighted by Gasteiger charge is -2.20. The molecule has 0 saturated carbocycles. The van der Waals surface area contributed by atoms with Gasteiger partial charge in [-0.05, 0) is 29.8 Å². The summed E-state index contributed by atoms with van der Waals surface area (Å²) in [5.74, 6) is -0.758. The number of carbonyl (C=O) groups excluding carboxylic acids is 1. The Bertz CT molecular complexity index is 1360. The molecule has 3 N–H and O–H groups in total. The van der Waals surface area contributed by atoms with Gasteiger partial charge in [-0.25, -0.2) is 17.5 Å². The number of aromatic nitrogens is 2. The van der Waals surface area contributed by atoms with Crippen molar-refractivity contribution in [1.82, 2.24) is 13.9 Å². The number of nitrogens with two attached hydrogens (primary N) is 1. The lowest BCUT2D eigenvalue weighted by atomic mass is 10.2. The van der Waals surface area contributed by atoms with E-state index in [0.717, 1.165) is 14.8 Å². The molecular formula is C21H23N5O5S. The number of sulfonamides is 1. The van der Waals surface area contributed by atoms with Gasteiger partial charge in [0.05, 0.1) is 11.4 Å². The van der Waals surface area contributed by atoms with Crippen molar-refractivity contribution >= 4 is 27.4 Å². The van der Waals surface area contributed by atoms with Gasteiger partial charge in [0.25, 0.3) is 11.5 Å². The smallest absolute Gasteiger partial charge is 0.330 e. The van der Waals surface area contributed by atoms with Crippen LogP contribution in [0.3, 0.4) is 0 Å². The lowest BCUT2D eigenvalue weighted by Crippen LogP contribution is -2.39. The number of hydrogen-bond donors (Lipinski definition) is 2. The Morgan fingerprint density at radius 2 is 1.59 bits per heavy atom. The Morgan fingerprint density at radius 1 is 1.00 bits per heavy atom. The van der Waals surface area contributed by atoms with E-state index < -0.39 is 27.2 Å². The third-order valence-corrected chi connectivity index (χ3v) is 6.75. The van der Waals surface area contributed by atoms with Gasteiger partial charge in [0.1, 0.15) is 5.82 Å². The maximum Gasteiger partial charge on any atom is 0.330 e. The summed E-state index contributed by atoms with van der Waals surface area (Å²) in [6.07, 6.45) is 0. The van der Waals surface area contributed by atoms with E-state index in [2.05, 4.69) is 4.98 Å². The highest BCUT2D eigenvalue weighted by Gasteiger charge is 2.23. The molecule has 0 saturated heterocycles. The summed E-state index contributed by atoms with van der Waals surface area (Å²) in [6, 6.07) is 14.3. The number of nitrogens with one attached hydrogen (secondary N) is 1. The quantitative estimate of drug-likeness (QED) is 0.559. The Balaban J connectivity index is 1.97. The largest absolute Gasteiger partial charge is 0.383 e. The van der Waals surface area contributed by atoms with Crippen LogP contribution in [0.4, 0.5) is 11.5 Å². The van der Waals surface area contributed by atoms with Gasteiger partial charge in [-0.2, -0.15) is 0 Å². The number of carbonyl (C=O) groups is 1. The van der Waals surface area contributed by atoms with Crippen molar-refractivity contribution in [3.8, 4) is 0 Å². The number of nitrogens with zero attached hydrogens (tertiary/aromatic N) is 3. The van der Waals surface area contributed by atoms with Crippen LogP contribution in [0.25, 0.3) is 0 Å². The maximum absolute atomic E-state index is 13.0. The first-order valence-corrected chi connectivity index (χ1v) is 10.9. The summed E-state index contributed by atoms with van der Waals surface area (Å²) in [4.78, 5) is 41.0. The zero-order valence-electron chi connectivity index (χ0n) is 17.8. The van der Waals surface area contributed by atoms with Gasteiger partial charge in [-0.15, -0.1) is 0 Å². The van der Waals surface area contributed by atoms with Crippen molar-refractivity contribution in [2.75, 3.05) is 31.8 Å². The van der Waals surface area contributed by atoms with Crippen molar-refractivity contribution in [2.45, 2.75) is 11.4 Å². The SMILES string of the molecule is CN(C(=O)c1ccc(S(=O)(=O)N(C)C)cc1)c1c(N)n(Cc2ccccc2)c(=O)[nH]c1=O. The Labute approximate surface area is 184 Å². The van der Waals surface area contributed by atoms with Crippen LogP contribution in [0.1, 0.15) is 15.9 Å². The minimum atomic E-state index is -3.65. The Morgan fingerprint density at radius 3 is 2.16 bits per heavy atom. The molecule has 0 fully saturated rings. The monoisotopic (exact) mass is 457 g/mol. The van der Waals surface area contributed by atoms with E-state index in [0.29, 0.717) is 0 Å². The van der Waals surface area contributed by atoms with Crippen LogP contribution in [-0.2, 0) is 16.6 Å². The van der Waals surface area contributed by atoms with Crippen LogP contribution >= 0.6 is 0 Å². The summed E-state index contributed by atoms with van der Waals surface area (Å²) < 4.78 is 26.7. The zero-order chi connectivity index (χ0) is 23.6. The molecule has 0 bridgehead atoms. The first-order valence-electron chi connectivity index (χ1n) is 9.51. The molecule has 1 amide bonds. The lowest BCUT2D eigenvalue weighted by molar-refractivity contribution is 0.0992. The number of rotatable bonds is 6. The molecule has 3 rings (SSSR count). The van der Waals surface area contributed by atoms with Gasteiger partial charge >= 0.3 is 5.69 Å². The standard InChI is InChI=1S/C21H23N5O5S/c1-24(2)32(30,31)16-11-9-15(10-12-16)20(28)25(3)17-18(22)26(21(29)23-19(17)27)13-14-7-5-4-6-8-14/h4-12H,13,22H2,1-3H3,(H,23,27,29). The average molecular weight is 458 g/mol. The Hall–Kier alpha value is -3.70. The summed E-state index contributed by atoms with van der Waals surface area (Å²) in [5, 5.41) is 0. The number of amides is 1. The van der Waals surface area contributed by atoms with E-state index >= 15 is 0 Å². The number of hydrogen-bond acceptors (Lipinski definition) is 6. The average Bonchev–Trinajstić information content (AvgIpc) is 2.76. The number of benzene rings is 2. The van der Waals surface area contributed by atoms with Crippen molar-refractivity contribution in [1.29, 1.82) is 0 Å². The van der Waals surface area contributed by atoms with Crippen molar-refractivity contribution in [2.24, 2.45) is 0 Å².